The van der Waals surface area contributed by atoms with Crippen LogP contribution in [0.4, 0.5) is 0 Å². The minimum atomic E-state index is -0.881. The Hall–Kier alpha value is -2.04. The Morgan fingerprint density at radius 3 is 2.71 bits per heavy atom. The highest BCUT2D eigenvalue weighted by Gasteiger charge is 2.34. The predicted molar refractivity (Wildman–Crippen MR) is 78.2 cm³/mol. The van der Waals surface area contributed by atoms with E-state index in [1.807, 2.05) is 31.2 Å². The Bertz CT molecular complexity index is 525. The van der Waals surface area contributed by atoms with Gasteiger partial charge in [0.15, 0.2) is 6.61 Å². The molecule has 2 rings (SSSR count). The van der Waals surface area contributed by atoms with Gasteiger partial charge in [-0.2, -0.15) is 0 Å². The van der Waals surface area contributed by atoms with Crippen LogP contribution in [0.5, 0.6) is 5.75 Å². The summed E-state index contributed by atoms with van der Waals surface area (Å²) in [5.41, 5.74) is 1.07. The number of carbonyl (C=O) groups is 2. The highest BCUT2D eigenvalue weighted by Crippen LogP contribution is 2.28. The third kappa shape index (κ3) is 4.48. The lowest BCUT2D eigenvalue weighted by Crippen LogP contribution is -2.41. The van der Waals surface area contributed by atoms with Crippen molar-refractivity contribution in [2.24, 2.45) is 5.92 Å². The summed E-state index contributed by atoms with van der Waals surface area (Å²) in [5, 5.41) is 8.98. The van der Waals surface area contributed by atoms with E-state index in [2.05, 4.69) is 0 Å². The average Bonchev–Trinajstić information content (AvgIpc) is 3.26. The van der Waals surface area contributed by atoms with Crippen LogP contribution in [0, 0.1) is 12.8 Å². The minimum absolute atomic E-state index is 0.0493. The SMILES string of the molecule is Cc1cccc(OCC(=O)N(CC(C)C(=O)O)C2CC2)c1. The van der Waals surface area contributed by atoms with Crippen LogP contribution in [0.3, 0.4) is 0 Å². The molecule has 1 saturated carbocycles. The molecule has 114 valence electrons. The number of carboxylic acids is 1. The van der Waals surface area contributed by atoms with Gasteiger partial charge in [0.05, 0.1) is 5.92 Å². The number of aliphatic carboxylic acids is 1. The van der Waals surface area contributed by atoms with Crippen LogP contribution >= 0.6 is 0 Å². The fourth-order valence-corrected chi connectivity index (χ4v) is 2.15. The van der Waals surface area contributed by atoms with Crippen molar-refractivity contribution in [1.82, 2.24) is 4.90 Å². The normalized spacial score (nSPS) is 15.3. The van der Waals surface area contributed by atoms with Crippen LogP contribution in [0.2, 0.25) is 0 Å². The summed E-state index contributed by atoms with van der Waals surface area (Å²) in [7, 11) is 0. The monoisotopic (exact) mass is 291 g/mol. The summed E-state index contributed by atoms with van der Waals surface area (Å²) >= 11 is 0. The Morgan fingerprint density at radius 2 is 2.14 bits per heavy atom. The second-order valence-corrected chi connectivity index (χ2v) is 5.62. The maximum atomic E-state index is 12.2. The lowest BCUT2D eigenvalue weighted by Gasteiger charge is -2.24. The summed E-state index contributed by atoms with van der Waals surface area (Å²) in [6.07, 6.45) is 1.89. The maximum Gasteiger partial charge on any atom is 0.308 e. The molecule has 1 aromatic carbocycles. The van der Waals surface area contributed by atoms with Crippen molar-refractivity contribution in [1.29, 1.82) is 0 Å². The zero-order valence-electron chi connectivity index (χ0n) is 12.4. The molecule has 1 aliphatic rings. The molecule has 0 aromatic heterocycles. The van der Waals surface area contributed by atoms with Gasteiger partial charge in [0.1, 0.15) is 5.75 Å². The van der Waals surface area contributed by atoms with Crippen molar-refractivity contribution < 1.29 is 19.4 Å². The number of rotatable bonds is 7. The molecular weight excluding hydrogens is 270 g/mol. The van der Waals surface area contributed by atoms with Gasteiger partial charge >= 0.3 is 5.97 Å². The molecule has 1 aliphatic carbocycles. The second-order valence-electron chi connectivity index (χ2n) is 5.62. The van der Waals surface area contributed by atoms with Crippen LogP contribution < -0.4 is 4.74 Å². The number of carbonyl (C=O) groups excluding carboxylic acids is 1. The first kappa shape index (κ1) is 15.4. The molecule has 21 heavy (non-hydrogen) atoms. The summed E-state index contributed by atoms with van der Waals surface area (Å²) in [4.78, 5) is 24.8. The molecule has 0 radical (unpaired) electrons. The summed E-state index contributed by atoms with van der Waals surface area (Å²) < 4.78 is 5.51. The molecule has 1 aromatic rings. The number of amides is 1. The standard InChI is InChI=1S/C16H21NO4/c1-11-4-3-5-14(8-11)21-10-15(18)17(13-6-7-13)9-12(2)16(19)20/h3-5,8,12-13H,6-7,9-10H2,1-2H3,(H,19,20). The van der Waals surface area contributed by atoms with Crippen LogP contribution in [-0.4, -0.2) is 41.1 Å². The zero-order valence-corrected chi connectivity index (χ0v) is 12.4. The van der Waals surface area contributed by atoms with Crippen LogP contribution in [0.15, 0.2) is 24.3 Å². The smallest absolute Gasteiger partial charge is 0.308 e. The van der Waals surface area contributed by atoms with Crippen molar-refractivity contribution in [3.63, 3.8) is 0 Å². The van der Waals surface area contributed by atoms with Crippen molar-refractivity contribution >= 4 is 11.9 Å². The first-order valence-corrected chi connectivity index (χ1v) is 7.19. The number of hydrogen-bond donors (Lipinski definition) is 1. The van der Waals surface area contributed by atoms with E-state index in [-0.39, 0.29) is 25.1 Å². The molecule has 0 saturated heterocycles. The van der Waals surface area contributed by atoms with E-state index in [4.69, 9.17) is 9.84 Å². The van der Waals surface area contributed by atoms with Gasteiger partial charge in [-0.25, -0.2) is 0 Å². The molecule has 0 heterocycles. The number of carboxylic acid groups (broad SMARTS) is 1. The summed E-state index contributed by atoms with van der Waals surface area (Å²) in [6, 6.07) is 7.69. The molecule has 5 heteroatoms. The largest absolute Gasteiger partial charge is 0.484 e. The number of benzene rings is 1. The Labute approximate surface area is 124 Å². The van der Waals surface area contributed by atoms with Crippen LogP contribution in [0.25, 0.3) is 0 Å². The maximum absolute atomic E-state index is 12.2. The number of aryl methyl sites for hydroxylation is 1. The predicted octanol–water partition coefficient (Wildman–Crippen LogP) is 2.09. The number of hydrogen-bond acceptors (Lipinski definition) is 3. The molecule has 0 bridgehead atoms. The van der Waals surface area contributed by atoms with Crippen LogP contribution in [0.1, 0.15) is 25.3 Å². The van der Waals surface area contributed by atoms with Gasteiger partial charge in [0, 0.05) is 12.6 Å². The highest BCUT2D eigenvalue weighted by molar-refractivity contribution is 5.79. The number of ether oxygens (including phenoxy) is 1. The van der Waals surface area contributed by atoms with Gasteiger partial charge in [0.25, 0.3) is 5.91 Å². The van der Waals surface area contributed by atoms with Crippen LogP contribution in [-0.2, 0) is 9.59 Å². The van der Waals surface area contributed by atoms with Gasteiger partial charge in [0.2, 0.25) is 0 Å². The minimum Gasteiger partial charge on any atom is -0.484 e. The van der Waals surface area contributed by atoms with E-state index < -0.39 is 11.9 Å². The highest BCUT2D eigenvalue weighted by atomic mass is 16.5. The summed E-state index contributed by atoms with van der Waals surface area (Å²) in [6.45, 7) is 3.77. The topological polar surface area (TPSA) is 66.8 Å². The fourth-order valence-electron chi connectivity index (χ4n) is 2.15. The molecule has 1 atom stereocenters. The Balaban J connectivity index is 1.91. The molecule has 1 unspecified atom stereocenters. The van der Waals surface area contributed by atoms with Crippen molar-refractivity contribution in [3.8, 4) is 5.75 Å². The van der Waals surface area contributed by atoms with E-state index in [0.717, 1.165) is 18.4 Å². The van der Waals surface area contributed by atoms with E-state index in [1.54, 1.807) is 11.8 Å². The van der Waals surface area contributed by atoms with E-state index in [9.17, 15) is 9.59 Å². The molecule has 1 N–H and O–H groups in total. The molecule has 0 aliphatic heterocycles. The van der Waals surface area contributed by atoms with E-state index >= 15 is 0 Å². The molecular formula is C16H21NO4. The van der Waals surface area contributed by atoms with E-state index in [0.29, 0.717) is 5.75 Å². The molecule has 0 spiro atoms. The summed E-state index contributed by atoms with van der Waals surface area (Å²) in [5.74, 6) is -0.931. The van der Waals surface area contributed by atoms with Gasteiger partial charge in [-0.15, -0.1) is 0 Å². The first-order chi connectivity index (χ1) is 9.97. The van der Waals surface area contributed by atoms with E-state index in [1.165, 1.54) is 0 Å². The van der Waals surface area contributed by atoms with Crippen molar-refractivity contribution in [2.75, 3.05) is 13.2 Å². The van der Waals surface area contributed by atoms with Gasteiger partial charge < -0.3 is 14.7 Å². The third-order valence-corrected chi connectivity index (χ3v) is 3.55. The quantitative estimate of drug-likeness (QED) is 0.835. The fraction of sp³-hybridized carbons (Fsp3) is 0.500. The lowest BCUT2D eigenvalue weighted by atomic mass is 10.1. The second kappa shape index (κ2) is 6.61. The first-order valence-electron chi connectivity index (χ1n) is 7.19. The third-order valence-electron chi connectivity index (χ3n) is 3.55. The van der Waals surface area contributed by atoms with Gasteiger partial charge in [-0.05, 0) is 37.5 Å². The zero-order chi connectivity index (χ0) is 15.4. The Kier molecular flexibility index (Phi) is 4.83. The van der Waals surface area contributed by atoms with Crippen molar-refractivity contribution in [2.45, 2.75) is 32.7 Å². The lowest BCUT2D eigenvalue weighted by molar-refractivity contribution is -0.143. The molecule has 1 amide bonds. The van der Waals surface area contributed by atoms with Gasteiger partial charge in [-0.1, -0.05) is 19.1 Å². The van der Waals surface area contributed by atoms with Crippen molar-refractivity contribution in [3.05, 3.63) is 29.8 Å². The molecule has 5 nitrogen and oxygen atoms in total. The Morgan fingerprint density at radius 1 is 1.43 bits per heavy atom. The van der Waals surface area contributed by atoms with Gasteiger partial charge in [-0.3, -0.25) is 9.59 Å². The average molecular weight is 291 g/mol. The number of nitrogens with zero attached hydrogens (tertiary/aromatic N) is 1. The molecule has 1 fully saturated rings.